The highest BCUT2D eigenvalue weighted by molar-refractivity contribution is 6.24. The Morgan fingerprint density at radius 3 is 2.71 bits per heavy atom. The Morgan fingerprint density at radius 2 is 1.79 bits per heavy atom. The van der Waals surface area contributed by atoms with Crippen molar-refractivity contribution in [3.63, 3.8) is 0 Å². The molecule has 24 heavy (non-hydrogen) atoms. The van der Waals surface area contributed by atoms with Crippen LogP contribution < -0.4 is 9.80 Å². The van der Waals surface area contributed by atoms with Crippen LogP contribution in [0.4, 0.5) is 5.69 Å². The smallest absolute Gasteiger partial charge is 0.263 e. The van der Waals surface area contributed by atoms with Crippen LogP contribution in [0, 0.1) is 5.92 Å². The lowest BCUT2D eigenvalue weighted by Gasteiger charge is -2.42. The maximum atomic E-state index is 13.0. The van der Waals surface area contributed by atoms with Gasteiger partial charge < -0.3 is 4.90 Å². The van der Waals surface area contributed by atoms with E-state index in [2.05, 4.69) is 29.2 Å². The number of piperidine rings is 1. The van der Waals surface area contributed by atoms with Gasteiger partial charge in [0.2, 0.25) is 0 Å². The molecule has 1 amide bonds. The van der Waals surface area contributed by atoms with Gasteiger partial charge in [-0.15, -0.1) is 0 Å². The third-order valence-electron chi connectivity index (χ3n) is 6.52. The van der Waals surface area contributed by atoms with Gasteiger partial charge in [-0.3, -0.25) is 9.69 Å². The van der Waals surface area contributed by atoms with Crippen molar-refractivity contribution in [3.05, 3.63) is 42.0 Å². The Bertz CT molecular complexity index is 792. The average molecular weight is 321 g/mol. The maximum Gasteiger partial charge on any atom is 0.263 e. The Hall–Kier alpha value is -1.87. The minimum atomic E-state index is 0.201. The highest BCUT2D eigenvalue weighted by Gasteiger charge is 2.40. The lowest BCUT2D eigenvalue weighted by atomic mass is 9.78. The second-order valence-corrected chi connectivity index (χ2v) is 7.77. The summed E-state index contributed by atoms with van der Waals surface area (Å²) in [6, 6.07) is 13.2. The molecule has 0 aromatic heterocycles. The number of nitrogens with zero attached hydrogens (tertiary/aromatic N) is 1. The fraction of sp³-hybridized carbons (Fsp3) is 0.476. The van der Waals surface area contributed by atoms with Crippen molar-refractivity contribution in [3.8, 4) is 0 Å². The molecule has 1 N–H and O–H groups in total. The standard InChI is InChI=1S/C21H24N2O/c24-21-17-10-3-7-16-8-4-12-19(20(16)17)23(21)14-22-13-5-9-15-6-1-2-11-18(15)22/h3-4,7-8,10,12,15,18H,1-2,5-6,9,11,13-14H2/p+1/t15-,18-/m0/s1. The van der Waals surface area contributed by atoms with Gasteiger partial charge >= 0.3 is 0 Å². The molecular formula is C21H25N2O+. The van der Waals surface area contributed by atoms with Gasteiger partial charge in [0.15, 0.2) is 6.67 Å². The predicted molar refractivity (Wildman–Crippen MR) is 96.4 cm³/mol. The van der Waals surface area contributed by atoms with E-state index in [9.17, 15) is 4.79 Å². The van der Waals surface area contributed by atoms with Gasteiger partial charge in [-0.25, -0.2) is 0 Å². The van der Waals surface area contributed by atoms with Crippen molar-refractivity contribution in [1.82, 2.24) is 0 Å². The molecule has 0 spiro atoms. The van der Waals surface area contributed by atoms with E-state index in [1.165, 1.54) is 50.5 Å². The molecule has 2 aliphatic heterocycles. The van der Waals surface area contributed by atoms with Crippen molar-refractivity contribution in [2.24, 2.45) is 5.92 Å². The molecular weight excluding hydrogens is 296 g/mol. The zero-order valence-electron chi connectivity index (χ0n) is 14.1. The van der Waals surface area contributed by atoms with Crippen LogP contribution >= 0.6 is 0 Å². The molecule has 2 heterocycles. The number of nitrogens with one attached hydrogen (secondary N) is 1. The first kappa shape index (κ1) is 14.5. The molecule has 1 saturated heterocycles. The fourth-order valence-corrected chi connectivity index (χ4v) is 5.40. The van der Waals surface area contributed by atoms with Crippen molar-refractivity contribution < 1.29 is 9.69 Å². The molecule has 124 valence electrons. The quantitative estimate of drug-likeness (QED) is 0.904. The van der Waals surface area contributed by atoms with E-state index in [1.807, 2.05) is 12.1 Å². The van der Waals surface area contributed by atoms with E-state index >= 15 is 0 Å². The van der Waals surface area contributed by atoms with Crippen LogP contribution in [0.3, 0.4) is 0 Å². The first-order chi connectivity index (χ1) is 11.8. The number of amides is 1. The van der Waals surface area contributed by atoms with Gasteiger partial charge in [0.25, 0.3) is 5.91 Å². The fourth-order valence-electron chi connectivity index (χ4n) is 5.40. The number of hydrogen-bond donors (Lipinski definition) is 1. The monoisotopic (exact) mass is 321 g/mol. The van der Waals surface area contributed by atoms with E-state index in [-0.39, 0.29) is 5.91 Å². The largest absolute Gasteiger partial charge is 0.315 e. The number of benzene rings is 2. The molecule has 1 saturated carbocycles. The summed E-state index contributed by atoms with van der Waals surface area (Å²) >= 11 is 0. The van der Waals surface area contributed by atoms with E-state index in [0.717, 1.165) is 35.3 Å². The van der Waals surface area contributed by atoms with Crippen molar-refractivity contribution in [2.75, 3.05) is 18.1 Å². The normalized spacial score (nSPS) is 29.1. The average Bonchev–Trinajstić information content (AvgIpc) is 2.90. The van der Waals surface area contributed by atoms with Crippen molar-refractivity contribution in [1.29, 1.82) is 0 Å². The minimum Gasteiger partial charge on any atom is -0.315 e. The summed E-state index contributed by atoms with van der Waals surface area (Å²) in [5, 5.41) is 2.34. The van der Waals surface area contributed by atoms with Gasteiger partial charge in [-0.05, 0) is 49.6 Å². The molecule has 0 radical (unpaired) electrons. The number of likely N-dealkylation sites (tertiary alicyclic amines) is 1. The van der Waals surface area contributed by atoms with Gasteiger partial charge in [-0.1, -0.05) is 30.7 Å². The molecule has 3 heteroatoms. The Balaban J connectivity index is 1.48. The molecule has 2 aromatic carbocycles. The van der Waals surface area contributed by atoms with E-state index in [0.29, 0.717) is 0 Å². The van der Waals surface area contributed by atoms with Crippen LogP contribution in [0.15, 0.2) is 36.4 Å². The number of fused-ring (bicyclic) bond motifs is 1. The molecule has 1 unspecified atom stereocenters. The third-order valence-corrected chi connectivity index (χ3v) is 6.52. The Kier molecular flexibility index (Phi) is 3.37. The van der Waals surface area contributed by atoms with E-state index in [4.69, 9.17) is 0 Å². The second-order valence-electron chi connectivity index (χ2n) is 7.77. The van der Waals surface area contributed by atoms with Gasteiger partial charge in [0.1, 0.15) is 0 Å². The van der Waals surface area contributed by atoms with Gasteiger partial charge in [0, 0.05) is 11.3 Å². The number of anilines is 1. The molecule has 2 fully saturated rings. The van der Waals surface area contributed by atoms with Crippen LogP contribution in [0.2, 0.25) is 0 Å². The number of hydrogen-bond acceptors (Lipinski definition) is 1. The third kappa shape index (κ3) is 2.11. The zero-order valence-corrected chi connectivity index (χ0v) is 14.1. The van der Waals surface area contributed by atoms with Crippen LogP contribution in [0.5, 0.6) is 0 Å². The SMILES string of the molecule is O=C1c2cccc3cccc(c23)N1C[NH+]1CCC[C@@H]2CCCC[C@@H]21. The van der Waals surface area contributed by atoms with E-state index < -0.39 is 0 Å². The predicted octanol–water partition coefficient (Wildman–Crippen LogP) is 3.00. The number of quaternary nitrogens is 1. The van der Waals surface area contributed by atoms with Crippen molar-refractivity contribution in [2.45, 2.75) is 44.6 Å². The molecule has 1 aliphatic carbocycles. The first-order valence-corrected chi connectivity index (χ1v) is 9.51. The van der Waals surface area contributed by atoms with Crippen LogP contribution in [0.1, 0.15) is 48.9 Å². The van der Waals surface area contributed by atoms with Crippen LogP contribution in [-0.2, 0) is 0 Å². The molecule has 3 aliphatic rings. The summed E-state index contributed by atoms with van der Waals surface area (Å²) in [4.78, 5) is 16.7. The Morgan fingerprint density at radius 1 is 1.00 bits per heavy atom. The lowest BCUT2D eigenvalue weighted by Crippen LogP contribution is -3.19. The Labute approximate surface area is 143 Å². The molecule has 3 nitrogen and oxygen atoms in total. The molecule has 5 rings (SSSR count). The summed E-state index contributed by atoms with van der Waals surface area (Å²) in [5.74, 6) is 1.09. The summed E-state index contributed by atoms with van der Waals surface area (Å²) in [5.41, 5.74) is 2.01. The molecule has 0 bridgehead atoms. The molecule has 2 aromatic rings. The number of rotatable bonds is 2. The summed E-state index contributed by atoms with van der Waals surface area (Å²) in [7, 11) is 0. The van der Waals surface area contributed by atoms with Crippen LogP contribution in [0.25, 0.3) is 10.8 Å². The summed E-state index contributed by atoms with van der Waals surface area (Å²) in [6.45, 7) is 2.06. The highest BCUT2D eigenvalue weighted by atomic mass is 16.2. The zero-order chi connectivity index (χ0) is 16.1. The maximum absolute atomic E-state index is 13.0. The topological polar surface area (TPSA) is 24.8 Å². The van der Waals surface area contributed by atoms with E-state index in [1.54, 1.807) is 4.90 Å². The van der Waals surface area contributed by atoms with Gasteiger partial charge in [-0.2, -0.15) is 0 Å². The number of carbonyl (C=O) groups excluding carboxylic acids is 1. The van der Waals surface area contributed by atoms with Crippen LogP contribution in [-0.4, -0.2) is 25.2 Å². The van der Waals surface area contributed by atoms with Gasteiger partial charge in [0.05, 0.1) is 23.8 Å². The lowest BCUT2D eigenvalue weighted by molar-refractivity contribution is -0.935. The summed E-state index contributed by atoms with van der Waals surface area (Å²) < 4.78 is 0. The summed E-state index contributed by atoms with van der Waals surface area (Å²) in [6.07, 6.45) is 8.24. The second kappa shape index (κ2) is 5.59. The number of carbonyl (C=O) groups is 1. The molecule has 3 atom stereocenters. The highest BCUT2D eigenvalue weighted by Crippen LogP contribution is 2.37. The first-order valence-electron chi connectivity index (χ1n) is 9.51. The minimum absolute atomic E-state index is 0.201. The van der Waals surface area contributed by atoms with Crippen molar-refractivity contribution >= 4 is 22.4 Å².